The zero-order valence-corrected chi connectivity index (χ0v) is 27.9. The van der Waals surface area contributed by atoms with Crippen molar-refractivity contribution in [3.63, 3.8) is 0 Å². The molecule has 266 valence electrons. The molecule has 2 aliphatic heterocycles. The minimum absolute atomic E-state index is 0.00540. The smallest absolute Gasteiger partial charge is 0.471 e. The number of carbonyl (C=O) groups excluding carboxylic acids is 2. The summed E-state index contributed by atoms with van der Waals surface area (Å²) in [5.41, 5.74) is 0.429. The molecule has 12 nitrogen and oxygen atoms in total. The van der Waals surface area contributed by atoms with E-state index in [0.717, 1.165) is 12.1 Å². The van der Waals surface area contributed by atoms with Crippen LogP contribution in [0.3, 0.4) is 0 Å². The van der Waals surface area contributed by atoms with Crippen molar-refractivity contribution in [1.29, 1.82) is 0 Å². The van der Waals surface area contributed by atoms with Gasteiger partial charge in [-0.25, -0.2) is 12.8 Å². The van der Waals surface area contributed by atoms with E-state index in [1.807, 2.05) is 11.9 Å². The number of alkyl halides is 3. The molecule has 1 aromatic heterocycles. The van der Waals surface area contributed by atoms with Crippen molar-refractivity contribution >= 4 is 49.7 Å². The van der Waals surface area contributed by atoms with E-state index >= 15 is 0 Å². The molecule has 0 aliphatic carbocycles. The number of aromatic nitrogens is 2. The average Bonchev–Trinajstić information content (AvgIpc) is 3.50. The molecule has 2 N–H and O–H groups in total. The molecule has 0 atom stereocenters. The summed E-state index contributed by atoms with van der Waals surface area (Å²) in [7, 11) is -1.05. The van der Waals surface area contributed by atoms with Crippen LogP contribution in [0.15, 0.2) is 64.4 Å². The van der Waals surface area contributed by atoms with Crippen LogP contribution in [0.25, 0.3) is 10.9 Å². The van der Waals surface area contributed by atoms with Gasteiger partial charge >= 0.3 is 12.1 Å². The van der Waals surface area contributed by atoms with Gasteiger partial charge in [-0.15, -0.1) is 0 Å². The van der Waals surface area contributed by atoms with Gasteiger partial charge in [-0.2, -0.15) is 18.3 Å². The Morgan fingerprint density at radius 3 is 2.40 bits per heavy atom. The number of benzene rings is 3. The van der Waals surface area contributed by atoms with Crippen LogP contribution in [0.5, 0.6) is 5.75 Å². The van der Waals surface area contributed by atoms with Gasteiger partial charge in [-0.1, -0.05) is 0 Å². The Labute approximate surface area is 284 Å². The van der Waals surface area contributed by atoms with Gasteiger partial charge < -0.3 is 29.5 Å². The van der Waals surface area contributed by atoms with E-state index < -0.39 is 39.7 Å². The number of rotatable bonds is 8. The van der Waals surface area contributed by atoms with E-state index in [1.54, 1.807) is 6.07 Å². The summed E-state index contributed by atoms with van der Waals surface area (Å²) in [6, 6.07) is 10.5. The Kier molecular flexibility index (Phi) is 9.74. The molecule has 3 heterocycles. The minimum atomic E-state index is -5.23. The first-order valence-corrected chi connectivity index (χ1v) is 17.2. The number of amides is 2. The number of nitrogens with zero attached hydrogens (tertiary/aromatic N) is 4. The van der Waals surface area contributed by atoms with Crippen LogP contribution in [0.2, 0.25) is 0 Å². The van der Waals surface area contributed by atoms with Crippen LogP contribution in [-0.2, 0) is 19.4 Å². The molecule has 0 unspecified atom stereocenters. The molecule has 2 saturated heterocycles. The first-order valence-electron chi connectivity index (χ1n) is 15.7. The van der Waals surface area contributed by atoms with Gasteiger partial charge in [0.1, 0.15) is 11.6 Å². The van der Waals surface area contributed by atoms with Crippen molar-refractivity contribution in [3.8, 4) is 5.75 Å². The maximum atomic E-state index is 14.2. The third kappa shape index (κ3) is 7.11. The van der Waals surface area contributed by atoms with Gasteiger partial charge in [-0.05, 0) is 68.4 Å². The summed E-state index contributed by atoms with van der Waals surface area (Å²) in [5, 5.41) is 9.56. The molecule has 0 spiro atoms. The SMILES string of the molecule is COc1cc(F)cc(S(=O)(=O)c2ccc3[nH]nc(NC(=O)c4ccc(N5CCN(C)CC5)cc4N(C(=O)C(F)(F)F)C4CCOCC4)c3c2)c1. The Hall–Kier alpha value is -4.74. The summed E-state index contributed by atoms with van der Waals surface area (Å²) in [6.45, 7) is 2.86. The number of halogens is 4. The fraction of sp³-hybridized carbons (Fsp3) is 0.364. The number of sulfone groups is 1. The molecule has 2 aliphatic rings. The highest BCUT2D eigenvalue weighted by Crippen LogP contribution is 2.36. The van der Waals surface area contributed by atoms with Crippen LogP contribution in [0.4, 0.5) is 34.8 Å². The fourth-order valence-electron chi connectivity index (χ4n) is 6.10. The predicted octanol–water partition coefficient (Wildman–Crippen LogP) is 4.62. The number of ether oxygens (including phenoxy) is 2. The lowest BCUT2D eigenvalue weighted by Crippen LogP contribution is -2.50. The number of fused-ring (bicyclic) bond motifs is 1. The maximum absolute atomic E-state index is 14.2. The van der Waals surface area contributed by atoms with Crippen molar-refractivity contribution in [3.05, 3.63) is 66.0 Å². The van der Waals surface area contributed by atoms with Crippen molar-refractivity contribution in [1.82, 2.24) is 15.1 Å². The van der Waals surface area contributed by atoms with Gasteiger partial charge in [0.2, 0.25) is 9.84 Å². The van der Waals surface area contributed by atoms with Crippen LogP contribution < -0.4 is 19.9 Å². The van der Waals surface area contributed by atoms with Crippen LogP contribution in [0.1, 0.15) is 23.2 Å². The van der Waals surface area contributed by atoms with Gasteiger partial charge in [0.05, 0.1) is 33.7 Å². The number of piperazine rings is 1. The Morgan fingerprint density at radius 2 is 1.72 bits per heavy atom. The van der Waals surface area contributed by atoms with E-state index in [4.69, 9.17) is 9.47 Å². The molecule has 0 radical (unpaired) electrons. The Balaban J connectivity index is 1.40. The first-order chi connectivity index (χ1) is 23.8. The van der Waals surface area contributed by atoms with Crippen molar-refractivity contribution in [2.45, 2.75) is 34.9 Å². The standard InChI is InChI=1S/C33H34F4N6O6S/c1-41-9-11-42(12-10-41)22-3-5-26(29(17-22)43(32(45)33(35,36)37)21-7-13-49-14-8-21)31(44)38-30-27-19-24(4-6-28(27)39-40-30)50(46,47)25-16-20(34)15-23(18-25)48-2/h3-6,15-19,21H,7-14H2,1-2H3,(H2,38,39,40,44). The van der Waals surface area contributed by atoms with Crippen molar-refractivity contribution < 1.29 is 45.0 Å². The van der Waals surface area contributed by atoms with Gasteiger partial charge in [0, 0.05) is 62.6 Å². The largest absolute Gasteiger partial charge is 0.497 e. The van der Waals surface area contributed by atoms with E-state index in [9.17, 15) is 35.6 Å². The van der Waals surface area contributed by atoms with Crippen LogP contribution in [-0.4, -0.2) is 101 Å². The number of aromatic amines is 1. The second-order valence-corrected chi connectivity index (χ2v) is 14.0. The summed E-state index contributed by atoms with van der Waals surface area (Å²) in [4.78, 5) is 31.2. The molecular weight excluding hydrogens is 684 g/mol. The zero-order valence-electron chi connectivity index (χ0n) is 27.1. The van der Waals surface area contributed by atoms with E-state index in [2.05, 4.69) is 20.4 Å². The number of H-pyrrole nitrogens is 1. The molecule has 0 saturated carbocycles. The van der Waals surface area contributed by atoms with E-state index in [-0.39, 0.29) is 64.1 Å². The molecule has 3 aromatic carbocycles. The molecule has 2 amide bonds. The lowest BCUT2D eigenvalue weighted by Gasteiger charge is -2.37. The molecule has 0 bridgehead atoms. The average molecular weight is 719 g/mol. The second kappa shape index (κ2) is 13.9. The minimum Gasteiger partial charge on any atom is -0.497 e. The van der Waals surface area contributed by atoms with Gasteiger partial charge in [-0.3, -0.25) is 14.7 Å². The van der Waals surface area contributed by atoms with Gasteiger partial charge in [0.15, 0.2) is 5.82 Å². The molecule has 2 fully saturated rings. The first kappa shape index (κ1) is 35.1. The number of carbonyl (C=O) groups is 2. The number of likely N-dealkylation sites (N-methyl/N-ethyl adjacent to an activating group) is 1. The number of hydrogen-bond donors (Lipinski definition) is 2. The number of methoxy groups -OCH3 is 1. The summed E-state index contributed by atoms with van der Waals surface area (Å²) < 4.78 is 94.0. The quantitative estimate of drug-likeness (QED) is 0.250. The Bertz CT molecular complexity index is 2020. The monoisotopic (exact) mass is 718 g/mol. The lowest BCUT2D eigenvalue weighted by molar-refractivity contribution is -0.171. The number of nitrogens with one attached hydrogen (secondary N) is 2. The zero-order chi connectivity index (χ0) is 35.8. The summed E-state index contributed by atoms with van der Waals surface area (Å²) in [5.74, 6) is -3.94. The fourth-order valence-corrected chi connectivity index (χ4v) is 7.43. The predicted molar refractivity (Wildman–Crippen MR) is 176 cm³/mol. The van der Waals surface area contributed by atoms with Crippen molar-refractivity contribution in [2.24, 2.45) is 0 Å². The van der Waals surface area contributed by atoms with Gasteiger partial charge in [0.25, 0.3) is 5.91 Å². The Morgan fingerprint density at radius 1 is 1.00 bits per heavy atom. The second-order valence-electron chi connectivity index (χ2n) is 12.1. The summed E-state index contributed by atoms with van der Waals surface area (Å²) >= 11 is 0. The highest BCUT2D eigenvalue weighted by molar-refractivity contribution is 7.91. The summed E-state index contributed by atoms with van der Waals surface area (Å²) in [6.07, 6.45) is -4.98. The molecule has 17 heteroatoms. The van der Waals surface area contributed by atoms with E-state index in [0.29, 0.717) is 42.3 Å². The van der Waals surface area contributed by atoms with E-state index in [1.165, 1.54) is 43.5 Å². The third-order valence-electron chi connectivity index (χ3n) is 8.84. The maximum Gasteiger partial charge on any atom is 0.471 e. The van der Waals surface area contributed by atoms with Crippen LogP contribution >= 0.6 is 0 Å². The topological polar surface area (TPSA) is 137 Å². The molecule has 50 heavy (non-hydrogen) atoms. The van der Waals surface area contributed by atoms with Crippen molar-refractivity contribution in [2.75, 3.05) is 68.7 Å². The lowest BCUT2D eigenvalue weighted by atomic mass is 10.0. The molecular formula is C33H34F4N6O6S. The normalized spacial score (nSPS) is 16.4. The number of hydrogen-bond acceptors (Lipinski definition) is 9. The third-order valence-corrected chi connectivity index (χ3v) is 10.6. The van der Waals surface area contributed by atoms with Crippen LogP contribution in [0, 0.1) is 5.82 Å². The highest BCUT2D eigenvalue weighted by Gasteiger charge is 2.46. The molecule has 6 rings (SSSR count). The molecule has 4 aromatic rings. The number of anilines is 3. The highest BCUT2D eigenvalue weighted by atomic mass is 32.2.